The molecular weight excluding hydrogens is 352 g/mol. The Morgan fingerprint density at radius 2 is 1.95 bits per heavy atom. The molecule has 0 fully saturated rings. The van der Waals surface area contributed by atoms with Gasteiger partial charge in [-0.05, 0) is 28.1 Å². The van der Waals surface area contributed by atoms with Gasteiger partial charge in [0.1, 0.15) is 6.04 Å². The minimum Gasteiger partial charge on any atom is -0.481 e. The van der Waals surface area contributed by atoms with Gasteiger partial charge in [0.05, 0.1) is 15.8 Å². The van der Waals surface area contributed by atoms with Gasteiger partial charge in [0.15, 0.2) is 0 Å². The number of rotatable bonds is 6. The van der Waals surface area contributed by atoms with Crippen molar-refractivity contribution in [2.45, 2.75) is 12.5 Å². The highest BCUT2D eigenvalue weighted by atomic mass is 79.9. The Bertz CT molecular complexity index is 617. The summed E-state index contributed by atoms with van der Waals surface area (Å²) < 4.78 is 0.157. The van der Waals surface area contributed by atoms with Crippen LogP contribution < -0.4 is 5.32 Å². The Labute approximate surface area is 125 Å². The van der Waals surface area contributed by atoms with Gasteiger partial charge in [0, 0.05) is 11.6 Å². The number of benzene rings is 1. The lowest BCUT2D eigenvalue weighted by molar-refractivity contribution is -0.385. The number of aliphatic carboxylic acids is 2. The van der Waals surface area contributed by atoms with Gasteiger partial charge >= 0.3 is 11.9 Å². The van der Waals surface area contributed by atoms with E-state index in [4.69, 9.17) is 10.2 Å². The van der Waals surface area contributed by atoms with E-state index in [1.165, 1.54) is 12.1 Å². The van der Waals surface area contributed by atoms with Crippen LogP contribution in [0, 0.1) is 10.1 Å². The molecule has 0 aliphatic carbocycles. The SMILES string of the molecule is O=C(O)CC(NC(=O)c1ccc(Br)c([N+](=O)[O-])c1)C(=O)O. The smallest absolute Gasteiger partial charge is 0.326 e. The van der Waals surface area contributed by atoms with Gasteiger partial charge in [0.2, 0.25) is 0 Å². The van der Waals surface area contributed by atoms with Gasteiger partial charge in [-0.25, -0.2) is 4.79 Å². The number of carbonyl (C=O) groups is 3. The predicted octanol–water partition coefficient (Wildman–Crippen LogP) is 1.01. The molecule has 0 heterocycles. The fraction of sp³-hybridized carbons (Fsp3) is 0.182. The van der Waals surface area contributed by atoms with Crippen LogP contribution in [0.3, 0.4) is 0 Å². The molecule has 0 bridgehead atoms. The summed E-state index contributed by atoms with van der Waals surface area (Å²) in [5.74, 6) is -3.83. The third kappa shape index (κ3) is 4.53. The predicted molar refractivity (Wildman–Crippen MR) is 71.9 cm³/mol. The van der Waals surface area contributed by atoms with Crippen LogP contribution in [0.15, 0.2) is 22.7 Å². The molecule has 1 aromatic rings. The lowest BCUT2D eigenvalue weighted by Crippen LogP contribution is -2.42. The molecule has 112 valence electrons. The van der Waals surface area contributed by atoms with Crippen molar-refractivity contribution in [3.63, 3.8) is 0 Å². The van der Waals surface area contributed by atoms with Crippen LogP contribution in [0.2, 0.25) is 0 Å². The van der Waals surface area contributed by atoms with Crippen molar-refractivity contribution >= 4 is 39.5 Å². The van der Waals surface area contributed by atoms with Crippen LogP contribution in [0.25, 0.3) is 0 Å². The van der Waals surface area contributed by atoms with Crippen LogP contribution in [0.1, 0.15) is 16.8 Å². The number of nitro groups is 1. The van der Waals surface area contributed by atoms with Gasteiger partial charge in [0.25, 0.3) is 11.6 Å². The van der Waals surface area contributed by atoms with E-state index in [2.05, 4.69) is 15.9 Å². The van der Waals surface area contributed by atoms with Crippen LogP contribution in [0.4, 0.5) is 5.69 Å². The number of nitrogens with zero attached hydrogens (tertiary/aromatic N) is 1. The van der Waals surface area contributed by atoms with Crippen molar-refractivity contribution in [3.05, 3.63) is 38.3 Å². The average Bonchev–Trinajstić information content (AvgIpc) is 2.37. The maximum Gasteiger partial charge on any atom is 0.326 e. The molecule has 9 nitrogen and oxygen atoms in total. The van der Waals surface area contributed by atoms with E-state index in [9.17, 15) is 24.5 Å². The lowest BCUT2D eigenvalue weighted by atomic mass is 10.1. The Balaban J connectivity index is 2.97. The maximum atomic E-state index is 11.8. The van der Waals surface area contributed by atoms with Gasteiger partial charge < -0.3 is 15.5 Å². The van der Waals surface area contributed by atoms with E-state index >= 15 is 0 Å². The van der Waals surface area contributed by atoms with E-state index in [1.807, 2.05) is 5.32 Å². The zero-order valence-electron chi connectivity index (χ0n) is 10.3. The lowest BCUT2D eigenvalue weighted by Gasteiger charge is -2.12. The molecule has 3 N–H and O–H groups in total. The van der Waals surface area contributed by atoms with Crippen LogP contribution in [-0.2, 0) is 9.59 Å². The van der Waals surface area contributed by atoms with Crippen LogP contribution >= 0.6 is 15.9 Å². The minimum atomic E-state index is -1.63. The molecule has 1 amide bonds. The zero-order chi connectivity index (χ0) is 16.2. The first kappa shape index (κ1) is 16.6. The summed E-state index contributed by atoms with van der Waals surface area (Å²) in [6.45, 7) is 0. The molecule has 0 aromatic heterocycles. The summed E-state index contributed by atoms with van der Waals surface area (Å²) >= 11 is 2.94. The number of hydrogen-bond acceptors (Lipinski definition) is 5. The normalized spacial score (nSPS) is 11.5. The first-order valence-electron chi connectivity index (χ1n) is 5.41. The zero-order valence-corrected chi connectivity index (χ0v) is 11.9. The number of hydrogen-bond donors (Lipinski definition) is 3. The van der Waals surface area contributed by atoms with Crippen molar-refractivity contribution in [1.29, 1.82) is 0 Å². The molecule has 1 aromatic carbocycles. The number of carboxylic acid groups (broad SMARTS) is 2. The average molecular weight is 361 g/mol. The Kier molecular flexibility index (Phi) is 5.36. The molecule has 0 spiro atoms. The van der Waals surface area contributed by atoms with E-state index in [-0.39, 0.29) is 15.7 Å². The highest BCUT2D eigenvalue weighted by Gasteiger charge is 2.24. The van der Waals surface area contributed by atoms with Gasteiger partial charge in [-0.2, -0.15) is 0 Å². The quantitative estimate of drug-likeness (QED) is 0.506. The molecule has 1 unspecified atom stereocenters. The largest absolute Gasteiger partial charge is 0.481 e. The molecule has 0 aliphatic rings. The monoisotopic (exact) mass is 360 g/mol. The summed E-state index contributed by atoms with van der Waals surface area (Å²) in [5.41, 5.74) is -0.519. The van der Waals surface area contributed by atoms with E-state index in [0.717, 1.165) is 6.07 Å². The summed E-state index contributed by atoms with van der Waals surface area (Å²) in [6.07, 6.45) is -0.806. The second-order valence-electron chi connectivity index (χ2n) is 3.89. The van der Waals surface area contributed by atoms with Crippen LogP contribution in [0.5, 0.6) is 0 Å². The van der Waals surface area contributed by atoms with Crippen LogP contribution in [-0.4, -0.2) is 39.0 Å². The van der Waals surface area contributed by atoms with Crippen molar-refractivity contribution in [2.75, 3.05) is 0 Å². The fourth-order valence-corrected chi connectivity index (χ4v) is 1.80. The second kappa shape index (κ2) is 6.79. The Morgan fingerprint density at radius 3 is 2.43 bits per heavy atom. The third-order valence-corrected chi connectivity index (χ3v) is 3.06. The number of carbonyl (C=O) groups excluding carboxylic acids is 1. The molecule has 0 saturated carbocycles. The molecule has 21 heavy (non-hydrogen) atoms. The van der Waals surface area contributed by atoms with Gasteiger partial charge in [-0.1, -0.05) is 0 Å². The molecular formula is C11H9BrN2O7. The standard InChI is InChI=1S/C11H9BrN2O7/c12-6-2-1-5(3-8(6)14(20)21)10(17)13-7(11(18)19)4-9(15)16/h1-3,7H,4H2,(H,13,17)(H,15,16)(H,18,19). The number of halogens is 1. The highest BCUT2D eigenvalue weighted by Crippen LogP contribution is 2.25. The summed E-state index contributed by atoms with van der Waals surface area (Å²) in [5, 5.41) is 30.1. The number of nitrogens with one attached hydrogen (secondary N) is 1. The summed E-state index contributed by atoms with van der Waals surface area (Å²) in [4.78, 5) is 43.2. The van der Waals surface area contributed by atoms with Crippen molar-refractivity contribution in [1.82, 2.24) is 5.32 Å². The Hall–Kier alpha value is -2.49. The van der Waals surface area contributed by atoms with Gasteiger partial charge in [-0.15, -0.1) is 0 Å². The molecule has 1 atom stereocenters. The molecule has 1 rings (SSSR count). The van der Waals surface area contributed by atoms with Crippen molar-refractivity contribution in [2.24, 2.45) is 0 Å². The summed E-state index contributed by atoms with van der Waals surface area (Å²) in [6, 6.07) is 1.84. The first-order chi connectivity index (χ1) is 9.72. The van der Waals surface area contributed by atoms with E-state index in [1.54, 1.807) is 0 Å². The maximum absolute atomic E-state index is 11.8. The van der Waals surface area contributed by atoms with E-state index in [0.29, 0.717) is 0 Å². The molecule has 0 saturated heterocycles. The van der Waals surface area contributed by atoms with Gasteiger partial charge in [-0.3, -0.25) is 19.7 Å². The molecule has 10 heteroatoms. The third-order valence-electron chi connectivity index (χ3n) is 2.39. The highest BCUT2D eigenvalue weighted by molar-refractivity contribution is 9.10. The molecule has 0 radical (unpaired) electrons. The van der Waals surface area contributed by atoms with E-state index < -0.39 is 35.2 Å². The summed E-state index contributed by atoms with van der Waals surface area (Å²) in [7, 11) is 0. The number of carboxylic acids is 2. The molecule has 0 aliphatic heterocycles. The minimum absolute atomic E-state index is 0.151. The number of nitro benzene ring substituents is 1. The van der Waals surface area contributed by atoms with Crippen molar-refractivity contribution in [3.8, 4) is 0 Å². The fourth-order valence-electron chi connectivity index (χ4n) is 1.41. The first-order valence-corrected chi connectivity index (χ1v) is 6.21. The number of amides is 1. The van der Waals surface area contributed by atoms with Crippen molar-refractivity contribution < 1.29 is 29.5 Å². The second-order valence-corrected chi connectivity index (χ2v) is 4.74. The Morgan fingerprint density at radius 1 is 1.33 bits per heavy atom. The topological polar surface area (TPSA) is 147 Å².